The van der Waals surface area contributed by atoms with E-state index in [1.807, 2.05) is 12.1 Å². The van der Waals surface area contributed by atoms with Gasteiger partial charge in [-0.3, -0.25) is 4.90 Å². The second-order valence-electron chi connectivity index (χ2n) is 7.38. The van der Waals surface area contributed by atoms with E-state index in [1.54, 1.807) is 0 Å². The average molecular weight is 351 g/mol. The van der Waals surface area contributed by atoms with Gasteiger partial charge in [0.15, 0.2) is 0 Å². The van der Waals surface area contributed by atoms with Crippen LogP contribution in [0.3, 0.4) is 0 Å². The molecule has 2 heterocycles. The van der Waals surface area contributed by atoms with Gasteiger partial charge in [-0.2, -0.15) is 0 Å². The van der Waals surface area contributed by atoms with Crippen molar-refractivity contribution in [3.05, 3.63) is 65.7 Å². The Labute approximate surface area is 154 Å². The zero-order valence-corrected chi connectivity index (χ0v) is 14.8. The van der Waals surface area contributed by atoms with E-state index in [-0.39, 0.29) is 0 Å². The number of hydrogen-bond acceptors (Lipinski definition) is 3. The van der Waals surface area contributed by atoms with Crippen LogP contribution in [0.15, 0.2) is 54.6 Å². The summed E-state index contributed by atoms with van der Waals surface area (Å²) in [5.74, 6) is 0.705. The number of epoxide rings is 1. The minimum atomic E-state index is -0.528. The first-order valence-corrected chi connectivity index (χ1v) is 9.23. The van der Waals surface area contributed by atoms with Crippen LogP contribution >= 0.6 is 0 Å². The number of urea groups is 1. The Morgan fingerprint density at radius 1 is 1.00 bits per heavy atom. The molecule has 2 amide bonds. The van der Waals surface area contributed by atoms with Crippen LogP contribution in [-0.2, 0) is 17.6 Å². The number of rotatable bonds is 7. The smallest absolute Gasteiger partial charge is 0.316 e. The first kappa shape index (κ1) is 17.1. The molecule has 0 radical (unpaired) electrons. The van der Waals surface area contributed by atoms with Crippen molar-refractivity contribution in [3.63, 3.8) is 0 Å². The van der Waals surface area contributed by atoms with Gasteiger partial charge in [0.25, 0.3) is 0 Å². The number of anilines is 1. The van der Waals surface area contributed by atoms with Gasteiger partial charge in [0, 0.05) is 31.7 Å². The zero-order valence-electron chi connectivity index (χ0n) is 14.8. The maximum atomic E-state index is 10.8. The molecule has 2 aliphatic rings. The number of ether oxygens (including phenoxy) is 1. The summed E-state index contributed by atoms with van der Waals surface area (Å²) in [4.78, 5) is 13.3. The van der Waals surface area contributed by atoms with Crippen molar-refractivity contribution in [3.8, 4) is 0 Å². The summed E-state index contributed by atoms with van der Waals surface area (Å²) < 4.78 is 5.84. The van der Waals surface area contributed by atoms with Gasteiger partial charge in [-0.1, -0.05) is 42.5 Å². The third-order valence-electron chi connectivity index (χ3n) is 5.18. The summed E-state index contributed by atoms with van der Waals surface area (Å²) in [6.07, 6.45) is 2.89. The Bertz CT molecular complexity index is 742. The molecule has 136 valence electrons. The highest BCUT2D eigenvalue weighted by molar-refractivity contribution is 5.87. The monoisotopic (exact) mass is 351 g/mol. The number of nitrogens with one attached hydrogen (secondary N) is 1. The lowest BCUT2D eigenvalue weighted by atomic mass is 9.92. The van der Waals surface area contributed by atoms with E-state index in [0.29, 0.717) is 18.1 Å². The molecule has 26 heavy (non-hydrogen) atoms. The summed E-state index contributed by atoms with van der Waals surface area (Å²) in [7, 11) is 0. The highest BCUT2D eigenvalue weighted by Gasteiger charge is 2.41. The van der Waals surface area contributed by atoms with E-state index in [4.69, 9.17) is 10.5 Å². The summed E-state index contributed by atoms with van der Waals surface area (Å²) in [5, 5.41) is 2.59. The summed E-state index contributed by atoms with van der Waals surface area (Å²) in [6.45, 7) is 3.33. The van der Waals surface area contributed by atoms with E-state index in [2.05, 4.69) is 52.7 Å². The van der Waals surface area contributed by atoms with Gasteiger partial charge in [0.2, 0.25) is 0 Å². The van der Waals surface area contributed by atoms with Gasteiger partial charge in [-0.05, 0) is 35.6 Å². The summed E-state index contributed by atoms with van der Waals surface area (Å²) in [6, 6.07) is 18.0. The molecule has 4 rings (SSSR count). The third-order valence-corrected chi connectivity index (χ3v) is 5.18. The molecule has 3 N–H and O–H groups in total. The highest BCUT2D eigenvalue weighted by Crippen LogP contribution is 2.30. The molecular formula is C21H25N3O2. The third kappa shape index (κ3) is 4.42. The molecule has 2 unspecified atom stereocenters. The number of benzene rings is 2. The predicted octanol–water partition coefficient (Wildman–Crippen LogP) is 2.66. The summed E-state index contributed by atoms with van der Waals surface area (Å²) >= 11 is 0. The molecular weight excluding hydrogens is 326 g/mol. The van der Waals surface area contributed by atoms with Crippen molar-refractivity contribution >= 4 is 11.7 Å². The number of carbonyl (C=O) groups is 1. The van der Waals surface area contributed by atoms with Crippen LogP contribution in [0.4, 0.5) is 10.5 Å². The minimum absolute atomic E-state index is 0.391. The Hall–Kier alpha value is -2.37. The fourth-order valence-electron chi connectivity index (χ4n) is 3.77. The van der Waals surface area contributed by atoms with E-state index < -0.39 is 6.03 Å². The Morgan fingerprint density at radius 3 is 2.38 bits per heavy atom. The standard InChI is InChI=1S/C21H25N3O2/c22-21(25)23-18-8-6-16(7-9-18)10-17-12-24(13-17)14-20-19(26-20)11-15-4-2-1-3-5-15/h1-9,17,19-20H,10-14H2,(H3,22,23,25). The molecule has 0 aromatic heterocycles. The molecule has 2 fully saturated rings. The van der Waals surface area contributed by atoms with Crippen LogP contribution in [0.2, 0.25) is 0 Å². The number of likely N-dealkylation sites (tertiary alicyclic amines) is 1. The van der Waals surface area contributed by atoms with Gasteiger partial charge >= 0.3 is 6.03 Å². The first-order chi connectivity index (χ1) is 12.7. The minimum Gasteiger partial charge on any atom is -0.368 e. The number of amides is 2. The molecule has 2 aromatic carbocycles. The first-order valence-electron chi connectivity index (χ1n) is 9.23. The van der Waals surface area contributed by atoms with Crippen molar-refractivity contribution in [1.29, 1.82) is 0 Å². The summed E-state index contributed by atoms with van der Waals surface area (Å²) in [5.41, 5.74) is 8.52. The maximum Gasteiger partial charge on any atom is 0.316 e. The molecule has 0 aliphatic carbocycles. The van der Waals surface area contributed by atoms with Crippen molar-refractivity contribution in [2.75, 3.05) is 25.0 Å². The van der Waals surface area contributed by atoms with Crippen molar-refractivity contribution in [2.24, 2.45) is 11.7 Å². The molecule has 0 spiro atoms. The van der Waals surface area contributed by atoms with Gasteiger partial charge in [0.05, 0.1) is 12.2 Å². The maximum absolute atomic E-state index is 10.8. The van der Waals surface area contributed by atoms with Crippen molar-refractivity contribution in [1.82, 2.24) is 4.90 Å². The van der Waals surface area contributed by atoms with Gasteiger partial charge < -0.3 is 15.8 Å². The average Bonchev–Trinajstić information content (AvgIpc) is 3.32. The highest BCUT2D eigenvalue weighted by atomic mass is 16.6. The normalized spacial score (nSPS) is 22.6. The van der Waals surface area contributed by atoms with E-state index in [9.17, 15) is 4.79 Å². The number of primary amides is 1. The second kappa shape index (κ2) is 7.48. The van der Waals surface area contributed by atoms with Crippen LogP contribution in [0.5, 0.6) is 0 Å². The van der Waals surface area contributed by atoms with Gasteiger partial charge in [-0.25, -0.2) is 4.79 Å². The van der Waals surface area contributed by atoms with Gasteiger partial charge in [0.1, 0.15) is 0 Å². The quantitative estimate of drug-likeness (QED) is 0.754. The Balaban J connectivity index is 1.15. The lowest BCUT2D eigenvalue weighted by Crippen LogP contribution is -2.49. The number of nitrogens with zero attached hydrogens (tertiary/aromatic N) is 1. The number of hydrogen-bond donors (Lipinski definition) is 2. The topological polar surface area (TPSA) is 70.9 Å². The van der Waals surface area contributed by atoms with Crippen LogP contribution in [0, 0.1) is 5.92 Å². The molecule has 5 heteroatoms. The molecule has 2 atom stereocenters. The molecule has 0 saturated carbocycles. The Morgan fingerprint density at radius 2 is 1.69 bits per heavy atom. The molecule has 2 aliphatic heterocycles. The SMILES string of the molecule is NC(=O)Nc1ccc(CC2CN(CC3OC3Cc3ccccc3)C2)cc1. The second-order valence-corrected chi connectivity index (χ2v) is 7.38. The lowest BCUT2D eigenvalue weighted by Gasteiger charge is -2.39. The van der Waals surface area contributed by atoms with Crippen LogP contribution < -0.4 is 11.1 Å². The van der Waals surface area contributed by atoms with Crippen LogP contribution in [0.25, 0.3) is 0 Å². The predicted molar refractivity (Wildman–Crippen MR) is 102 cm³/mol. The molecule has 2 saturated heterocycles. The van der Waals surface area contributed by atoms with Crippen molar-refractivity contribution in [2.45, 2.75) is 25.0 Å². The van der Waals surface area contributed by atoms with Gasteiger partial charge in [-0.15, -0.1) is 0 Å². The fraction of sp³-hybridized carbons (Fsp3) is 0.381. The number of nitrogens with two attached hydrogens (primary N) is 1. The lowest BCUT2D eigenvalue weighted by molar-refractivity contribution is 0.0916. The van der Waals surface area contributed by atoms with Crippen molar-refractivity contribution < 1.29 is 9.53 Å². The van der Waals surface area contributed by atoms with E-state index in [1.165, 1.54) is 11.1 Å². The van der Waals surface area contributed by atoms with E-state index in [0.717, 1.165) is 38.2 Å². The van der Waals surface area contributed by atoms with Crippen LogP contribution in [-0.4, -0.2) is 42.8 Å². The Kier molecular flexibility index (Phi) is 4.91. The largest absolute Gasteiger partial charge is 0.368 e. The fourth-order valence-corrected chi connectivity index (χ4v) is 3.77. The molecule has 5 nitrogen and oxygen atoms in total. The van der Waals surface area contributed by atoms with Crippen LogP contribution in [0.1, 0.15) is 11.1 Å². The molecule has 2 aromatic rings. The number of carbonyl (C=O) groups excluding carboxylic acids is 1. The molecule has 0 bridgehead atoms. The zero-order chi connectivity index (χ0) is 17.9. The van der Waals surface area contributed by atoms with E-state index >= 15 is 0 Å².